The van der Waals surface area contributed by atoms with Crippen LogP contribution in [0, 0.1) is 0 Å². The van der Waals surface area contributed by atoms with Gasteiger partial charge in [0.15, 0.2) is 11.5 Å². The Labute approximate surface area is 266 Å². The van der Waals surface area contributed by atoms with Gasteiger partial charge in [-0.05, 0) is 66.7 Å². The maximum Gasteiger partial charge on any atom is 0.171 e. The number of hydrogen-bond acceptors (Lipinski definition) is 5. The highest BCUT2D eigenvalue weighted by atomic mass is 16.5. The molecule has 0 N–H and O–H groups in total. The number of hydrogen-bond donors (Lipinski definition) is 0. The van der Waals surface area contributed by atoms with Gasteiger partial charge in [0.1, 0.15) is 23.5 Å². The van der Waals surface area contributed by atoms with Gasteiger partial charge < -0.3 is 9.47 Å². The number of fused-ring (bicyclic) bond motifs is 6. The van der Waals surface area contributed by atoms with Crippen molar-refractivity contribution < 1.29 is 9.47 Å². The van der Waals surface area contributed by atoms with Crippen LogP contribution in [0.15, 0.2) is 158 Å². The van der Waals surface area contributed by atoms with Crippen molar-refractivity contribution >= 4 is 39.0 Å². The van der Waals surface area contributed by atoms with Crippen LogP contribution >= 0.6 is 0 Å². The lowest BCUT2D eigenvalue weighted by molar-refractivity contribution is 0.260. The number of aromatic nitrogens is 3. The summed E-state index contributed by atoms with van der Waals surface area (Å²) in [6, 6.07) is 41.2. The van der Waals surface area contributed by atoms with Crippen molar-refractivity contribution in [3.05, 3.63) is 164 Å². The Morgan fingerprint density at radius 3 is 2.28 bits per heavy atom. The summed E-state index contributed by atoms with van der Waals surface area (Å²) < 4.78 is 15.6. The molecule has 6 nitrogen and oxygen atoms in total. The lowest BCUT2D eigenvalue weighted by atomic mass is 9.91. The van der Waals surface area contributed by atoms with Crippen LogP contribution in [0.5, 0.6) is 17.2 Å². The summed E-state index contributed by atoms with van der Waals surface area (Å²) in [5, 5.41) is 2.30. The van der Waals surface area contributed by atoms with Crippen molar-refractivity contribution in [3.63, 3.8) is 0 Å². The lowest BCUT2D eigenvalue weighted by Gasteiger charge is -2.25. The van der Waals surface area contributed by atoms with Gasteiger partial charge in [-0.1, -0.05) is 66.8 Å². The van der Waals surface area contributed by atoms with E-state index in [4.69, 9.17) is 19.4 Å². The average Bonchev–Trinajstić information content (AvgIpc) is 3.66. The van der Waals surface area contributed by atoms with Gasteiger partial charge in [0.05, 0.1) is 16.7 Å². The highest BCUT2D eigenvalue weighted by Crippen LogP contribution is 2.51. The first-order valence-corrected chi connectivity index (χ1v) is 15.4. The maximum atomic E-state index is 6.83. The van der Waals surface area contributed by atoms with Crippen LogP contribution in [-0.4, -0.2) is 20.6 Å². The SMILES string of the molecule is C1=CC2Oc3c(Oc4ccc5c6ccccc6n(-c6ccccn6)c5c4)cc(N(c4ccccc4)c4ccccn4)cc3C2C=C1. The number of pyridine rings is 2. The van der Waals surface area contributed by atoms with Gasteiger partial charge in [-0.3, -0.25) is 9.47 Å². The second-order valence-electron chi connectivity index (χ2n) is 11.4. The topological polar surface area (TPSA) is 52.4 Å². The first-order valence-electron chi connectivity index (χ1n) is 15.4. The van der Waals surface area contributed by atoms with E-state index in [9.17, 15) is 0 Å². The van der Waals surface area contributed by atoms with E-state index in [-0.39, 0.29) is 12.0 Å². The molecule has 2 atom stereocenters. The van der Waals surface area contributed by atoms with E-state index in [1.165, 1.54) is 0 Å². The fraction of sp³-hybridized carbons (Fsp3) is 0.0500. The van der Waals surface area contributed by atoms with E-state index >= 15 is 0 Å². The normalized spacial score (nSPS) is 16.3. The zero-order valence-corrected chi connectivity index (χ0v) is 24.8. The van der Waals surface area contributed by atoms with Gasteiger partial charge in [0, 0.05) is 52.5 Å². The summed E-state index contributed by atoms with van der Waals surface area (Å²) >= 11 is 0. The van der Waals surface area contributed by atoms with Crippen LogP contribution in [0.25, 0.3) is 27.6 Å². The molecule has 1 aliphatic carbocycles. The summed E-state index contributed by atoms with van der Waals surface area (Å²) in [5.74, 6) is 3.87. The molecule has 9 rings (SSSR count). The summed E-state index contributed by atoms with van der Waals surface area (Å²) in [6.45, 7) is 0. The summed E-state index contributed by atoms with van der Waals surface area (Å²) in [7, 11) is 0. The largest absolute Gasteiger partial charge is 0.481 e. The molecule has 2 unspecified atom stereocenters. The third kappa shape index (κ3) is 4.34. The van der Waals surface area contributed by atoms with Crippen molar-refractivity contribution in [1.29, 1.82) is 0 Å². The van der Waals surface area contributed by atoms with Gasteiger partial charge in [-0.2, -0.15) is 0 Å². The minimum atomic E-state index is -0.0909. The van der Waals surface area contributed by atoms with Crippen LogP contribution in [0.4, 0.5) is 17.2 Å². The van der Waals surface area contributed by atoms with Crippen LogP contribution in [-0.2, 0) is 0 Å². The molecule has 220 valence electrons. The molecule has 46 heavy (non-hydrogen) atoms. The molecule has 3 aromatic heterocycles. The van der Waals surface area contributed by atoms with Gasteiger partial charge in [0.2, 0.25) is 0 Å². The summed E-state index contributed by atoms with van der Waals surface area (Å²) in [4.78, 5) is 11.6. The lowest BCUT2D eigenvalue weighted by Crippen LogP contribution is -2.15. The predicted octanol–water partition coefficient (Wildman–Crippen LogP) is 9.81. The van der Waals surface area contributed by atoms with Crippen LogP contribution in [0.3, 0.4) is 0 Å². The van der Waals surface area contributed by atoms with E-state index in [1.807, 2.05) is 79.1 Å². The number of anilines is 3. The number of ether oxygens (including phenoxy) is 2. The van der Waals surface area contributed by atoms with Gasteiger partial charge in [0.25, 0.3) is 0 Å². The number of benzene rings is 4. The molecule has 0 saturated carbocycles. The molecule has 0 spiro atoms. The van der Waals surface area contributed by atoms with E-state index in [0.717, 1.165) is 56.1 Å². The van der Waals surface area contributed by atoms with Crippen molar-refractivity contribution in [2.24, 2.45) is 0 Å². The van der Waals surface area contributed by atoms with E-state index < -0.39 is 0 Å². The van der Waals surface area contributed by atoms with Crippen LogP contribution < -0.4 is 14.4 Å². The van der Waals surface area contributed by atoms with Crippen molar-refractivity contribution in [3.8, 4) is 23.1 Å². The highest BCUT2D eigenvalue weighted by Gasteiger charge is 2.36. The van der Waals surface area contributed by atoms with Gasteiger partial charge in [-0.25, -0.2) is 9.97 Å². The van der Waals surface area contributed by atoms with Crippen molar-refractivity contribution in [2.75, 3.05) is 4.90 Å². The molecule has 0 radical (unpaired) electrons. The molecular formula is C40H28N4O2. The third-order valence-electron chi connectivity index (χ3n) is 8.67. The third-order valence-corrected chi connectivity index (χ3v) is 8.67. The minimum absolute atomic E-state index is 0.0813. The van der Waals surface area contributed by atoms with Crippen molar-refractivity contribution in [2.45, 2.75) is 12.0 Å². The van der Waals surface area contributed by atoms with Crippen molar-refractivity contribution in [1.82, 2.24) is 14.5 Å². The van der Waals surface area contributed by atoms with Crippen LogP contribution in [0.1, 0.15) is 11.5 Å². The minimum Gasteiger partial charge on any atom is -0.481 e. The number of nitrogens with zero attached hydrogens (tertiary/aromatic N) is 4. The fourth-order valence-corrected chi connectivity index (χ4v) is 6.65. The molecular weight excluding hydrogens is 568 g/mol. The fourth-order valence-electron chi connectivity index (χ4n) is 6.65. The standard InChI is InChI=1S/C40H28N4O2/c1-2-12-27(13-3-1)43(38-18-8-10-22-41-38)28-24-33-32-15-5-7-17-36(32)46-40(33)37(25-28)45-29-20-21-31-30-14-4-6-16-34(30)44(35(31)26-29)39-19-9-11-23-42-39/h1-26,32,36H. The first-order chi connectivity index (χ1) is 22.8. The smallest absolute Gasteiger partial charge is 0.171 e. The Kier molecular flexibility index (Phi) is 6.16. The van der Waals surface area contributed by atoms with E-state index in [1.54, 1.807) is 0 Å². The zero-order valence-electron chi connectivity index (χ0n) is 24.8. The molecule has 0 amide bonds. The molecule has 2 aliphatic rings. The Bertz CT molecular complexity index is 2240. The number of allylic oxidation sites excluding steroid dienone is 2. The monoisotopic (exact) mass is 596 g/mol. The van der Waals surface area contributed by atoms with Crippen LogP contribution in [0.2, 0.25) is 0 Å². The zero-order chi connectivity index (χ0) is 30.5. The Morgan fingerprint density at radius 2 is 1.43 bits per heavy atom. The van der Waals surface area contributed by atoms with E-state index in [0.29, 0.717) is 11.5 Å². The molecule has 7 aromatic rings. The number of para-hydroxylation sites is 2. The quantitative estimate of drug-likeness (QED) is 0.191. The van der Waals surface area contributed by atoms with Gasteiger partial charge in [-0.15, -0.1) is 0 Å². The first kappa shape index (κ1) is 26.3. The second kappa shape index (κ2) is 10.8. The molecule has 1 aliphatic heterocycles. The molecule has 4 heterocycles. The number of rotatable bonds is 6. The Morgan fingerprint density at radius 1 is 0.652 bits per heavy atom. The highest BCUT2D eigenvalue weighted by molar-refractivity contribution is 6.09. The summed E-state index contributed by atoms with van der Waals surface area (Å²) in [5.41, 5.74) is 5.14. The summed E-state index contributed by atoms with van der Waals surface area (Å²) in [6.07, 6.45) is 12.0. The average molecular weight is 597 g/mol. The predicted molar refractivity (Wildman–Crippen MR) is 183 cm³/mol. The van der Waals surface area contributed by atoms with Gasteiger partial charge >= 0.3 is 0 Å². The molecule has 0 saturated heterocycles. The molecule has 0 bridgehead atoms. The molecule has 6 heteroatoms. The maximum absolute atomic E-state index is 6.83. The Hall–Kier alpha value is -6.14. The Balaban J connectivity index is 1.22. The van der Waals surface area contributed by atoms with E-state index in [2.05, 4.69) is 88.4 Å². The molecule has 4 aromatic carbocycles. The molecule has 0 fully saturated rings. The second-order valence-corrected chi connectivity index (χ2v) is 11.4.